The number of rotatable bonds is 0. The summed E-state index contributed by atoms with van der Waals surface area (Å²) in [6.07, 6.45) is -3.52. The number of nitrogens with two attached hydrogens (primary N) is 1. The van der Waals surface area contributed by atoms with Gasteiger partial charge in [-0.2, -0.15) is 13.2 Å². The van der Waals surface area contributed by atoms with Gasteiger partial charge in [0.2, 0.25) is 0 Å². The predicted octanol–water partition coefficient (Wildman–Crippen LogP) is 0.210. The number of hydrogen-bond acceptors (Lipinski definition) is 4. The lowest BCUT2D eigenvalue weighted by Gasteiger charge is -1.97. The van der Waals surface area contributed by atoms with Crippen LogP contribution in [0.2, 0.25) is 0 Å². The number of aliphatic imine (C=N–C) groups is 1. The molecule has 1 heterocycles. The van der Waals surface area contributed by atoms with Gasteiger partial charge < -0.3 is 10.8 Å². The molecule has 5 nitrogen and oxygen atoms in total. The highest BCUT2D eigenvalue weighted by Gasteiger charge is 2.38. The van der Waals surface area contributed by atoms with Crippen molar-refractivity contribution in [3.8, 4) is 0 Å². The summed E-state index contributed by atoms with van der Waals surface area (Å²) in [5.41, 5.74) is 5.20. The SMILES string of the molecule is NC1=CS(=O)CC=N1.O=C(O)C(F)(F)F. The lowest BCUT2D eigenvalue weighted by Crippen LogP contribution is -2.21. The van der Waals surface area contributed by atoms with E-state index in [1.165, 1.54) is 5.41 Å². The van der Waals surface area contributed by atoms with Gasteiger partial charge in [-0.05, 0) is 0 Å². The summed E-state index contributed by atoms with van der Waals surface area (Å²) in [7, 11) is -0.907. The van der Waals surface area contributed by atoms with E-state index < -0.39 is 22.9 Å². The third-order valence-electron chi connectivity index (χ3n) is 0.974. The molecule has 0 aromatic rings. The van der Waals surface area contributed by atoms with Crippen LogP contribution >= 0.6 is 0 Å². The van der Waals surface area contributed by atoms with E-state index >= 15 is 0 Å². The minimum absolute atomic E-state index is 0.356. The van der Waals surface area contributed by atoms with Crippen molar-refractivity contribution in [1.29, 1.82) is 0 Å². The van der Waals surface area contributed by atoms with Crippen LogP contribution in [0.25, 0.3) is 0 Å². The van der Waals surface area contributed by atoms with Crippen LogP contribution in [-0.2, 0) is 15.6 Å². The van der Waals surface area contributed by atoms with Crippen molar-refractivity contribution in [1.82, 2.24) is 0 Å². The Kier molecular flexibility index (Phi) is 4.98. The van der Waals surface area contributed by atoms with E-state index in [2.05, 4.69) is 4.99 Å². The molecule has 3 N–H and O–H groups in total. The topological polar surface area (TPSA) is 92.8 Å². The smallest absolute Gasteiger partial charge is 0.475 e. The number of carboxylic acid groups (broad SMARTS) is 1. The van der Waals surface area contributed by atoms with Crippen LogP contribution in [0.15, 0.2) is 16.2 Å². The zero-order valence-electron chi connectivity index (χ0n) is 7.19. The Morgan fingerprint density at radius 3 is 2.27 bits per heavy atom. The van der Waals surface area contributed by atoms with Crippen molar-refractivity contribution in [2.24, 2.45) is 10.7 Å². The number of carbonyl (C=O) groups is 1. The number of nitrogens with zero attached hydrogens (tertiary/aromatic N) is 1. The van der Waals surface area contributed by atoms with E-state index in [1.807, 2.05) is 0 Å². The largest absolute Gasteiger partial charge is 0.490 e. The zero-order valence-corrected chi connectivity index (χ0v) is 8.01. The molecule has 1 rings (SSSR count). The van der Waals surface area contributed by atoms with E-state index in [-0.39, 0.29) is 0 Å². The Bertz CT molecular complexity index is 324. The molecule has 0 saturated carbocycles. The quantitative estimate of drug-likeness (QED) is 0.637. The fourth-order valence-corrected chi connectivity index (χ4v) is 1.08. The van der Waals surface area contributed by atoms with Crippen molar-refractivity contribution in [3.63, 3.8) is 0 Å². The van der Waals surface area contributed by atoms with Gasteiger partial charge in [-0.25, -0.2) is 9.79 Å². The molecule has 0 spiro atoms. The van der Waals surface area contributed by atoms with E-state index in [9.17, 15) is 17.4 Å². The first-order valence-electron chi connectivity index (χ1n) is 3.40. The highest BCUT2D eigenvalue weighted by molar-refractivity contribution is 7.88. The first-order valence-corrected chi connectivity index (χ1v) is 4.79. The number of alkyl halides is 3. The van der Waals surface area contributed by atoms with Crippen molar-refractivity contribution in [2.45, 2.75) is 6.18 Å². The third kappa shape index (κ3) is 6.66. The molecule has 0 radical (unpaired) electrons. The first kappa shape index (κ1) is 13.6. The summed E-state index contributed by atoms with van der Waals surface area (Å²) in [6, 6.07) is 0. The summed E-state index contributed by atoms with van der Waals surface area (Å²) in [5, 5.41) is 8.57. The van der Waals surface area contributed by atoms with Crippen LogP contribution in [0.3, 0.4) is 0 Å². The van der Waals surface area contributed by atoms with E-state index in [0.29, 0.717) is 11.6 Å². The van der Waals surface area contributed by atoms with Crippen LogP contribution in [0.1, 0.15) is 0 Å². The highest BCUT2D eigenvalue weighted by Crippen LogP contribution is 2.13. The molecule has 0 aromatic carbocycles. The maximum atomic E-state index is 10.6. The molecule has 1 aliphatic rings. The van der Waals surface area contributed by atoms with E-state index in [0.717, 1.165) is 0 Å². The summed E-state index contributed by atoms with van der Waals surface area (Å²) in [5.74, 6) is -1.90. The van der Waals surface area contributed by atoms with Gasteiger partial charge in [0.25, 0.3) is 0 Å². The van der Waals surface area contributed by atoms with E-state index in [1.54, 1.807) is 6.21 Å². The molecule has 9 heteroatoms. The number of halogens is 3. The molecule has 0 aromatic heterocycles. The number of aliphatic carboxylic acids is 1. The van der Waals surface area contributed by atoms with Crippen LogP contribution in [0.5, 0.6) is 0 Å². The normalized spacial score (nSPS) is 19.9. The van der Waals surface area contributed by atoms with Gasteiger partial charge in [0.05, 0.1) is 16.6 Å². The minimum atomic E-state index is -5.08. The number of carboxylic acids is 1. The average Bonchev–Trinajstić information content (AvgIpc) is 2.02. The van der Waals surface area contributed by atoms with Gasteiger partial charge in [-0.15, -0.1) is 0 Å². The second kappa shape index (κ2) is 5.49. The molecule has 1 atom stereocenters. The van der Waals surface area contributed by atoms with Crippen LogP contribution in [0.4, 0.5) is 13.2 Å². The first-order chi connectivity index (χ1) is 6.73. The van der Waals surface area contributed by atoms with Crippen LogP contribution in [0, 0.1) is 0 Å². The maximum absolute atomic E-state index is 10.6. The Hall–Kier alpha value is -1.38. The Morgan fingerprint density at radius 1 is 1.60 bits per heavy atom. The third-order valence-corrected chi connectivity index (χ3v) is 1.96. The van der Waals surface area contributed by atoms with Gasteiger partial charge >= 0.3 is 12.1 Å². The molecule has 15 heavy (non-hydrogen) atoms. The molecule has 1 unspecified atom stereocenters. The molecular weight excluding hydrogens is 237 g/mol. The standard InChI is InChI=1S/C4H6N2OS.C2HF3O2/c5-4-3-8(7)2-1-6-4;3-2(4,5)1(6)7/h1,3H,2,5H2;(H,6,7). The van der Waals surface area contributed by atoms with Crippen LogP contribution in [-0.4, -0.2) is 33.4 Å². The summed E-state index contributed by atoms with van der Waals surface area (Å²) in [4.78, 5) is 12.6. The summed E-state index contributed by atoms with van der Waals surface area (Å²) >= 11 is 0. The minimum Gasteiger partial charge on any atom is -0.475 e. The maximum Gasteiger partial charge on any atom is 0.490 e. The Labute approximate surface area is 84.9 Å². The Balaban J connectivity index is 0.000000265. The summed E-state index contributed by atoms with van der Waals surface area (Å²) < 4.78 is 42.3. The average molecular weight is 244 g/mol. The van der Waals surface area contributed by atoms with Gasteiger partial charge in [0.15, 0.2) is 0 Å². The summed E-state index contributed by atoms with van der Waals surface area (Å²) in [6.45, 7) is 0. The fraction of sp³-hybridized carbons (Fsp3) is 0.333. The fourth-order valence-electron chi connectivity index (χ4n) is 0.429. The Morgan fingerprint density at radius 2 is 2.07 bits per heavy atom. The van der Waals surface area contributed by atoms with Crippen molar-refractivity contribution >= 4 is 23.0 Å². The van der Waals surface area contributed by atoms with Crippen LogP contribution < -0.4 is 5.73 Å². The second-order valence-electron chi connectivity index (χ2n) is 2.20. The van der Waals surface area contributed by atoms with Gasteiger partial charge in [-0.1, -0.05) is 0 Å². The van der Waals surface area contributed by atoms with Crippen molar-refractivity contribution < 1.29 is 27.3 Å². The van der Waals surface area contributed by atoms with Crippen molar-refractivity contribution in [3.05, 3.63) is 11.2 Å². The van der Waals surface area contributed by atoms with Gasteiger partial charge in [0, 0.05) is 11.6 Å². The zero-order chi connectivity index (χ0) is 12.1. The van der Waals surface area contributed by atoms with Gasteiger partial charge in [0.1, 0.15) is 5.82 Å². The second-order valence-corrected chi connectivity index (χ2v) is 3.54. The monoisotopic (exact) mass is 244 g/mol. The molecule has 0 bridgehead atoms. The number of hydrogen-bond donors (Lipinski definition) is 2. The molecule has 1 aliphatic heterocycles. The molecule has 0 fully saturated rings. The predicted molar refractivity (Wildman–Crippen MR) is 47.5 cm³/mol. The molecule has 86 valence electrons. The van der Waals surface area contributed by atoms with E-state index in [4.69, 9.17) is 15.6 Å². The van der Waals surface area contributed by atoms with Crippen molar-refractivity contribution in [2.75, 3.05) is 5.75 Å². The highest BCUT2D eigenvalue weighted by atomic mass is 32.2. The molecule has 0 saturated heterocycles. The lowest BCUT2D eigenvalue weighted by atomic mass is 10.7. The molecular formula is C6H7F3N2O3S. The lowest BCUT2D eigenvalue weighted by molar-refractivity contribution is -0.192. The molecule has 0 amide bonds. The molecule has 0 aliphatic carbocycles. The van der Waals surface area contributed by atoms with Gasteiger partial charge in [-0.3, -0.25) is 4.21 Å².